The summed E-state index contributed by atoms with van der Waals surface area (Å²) in [5.41, 5.74) is 0. The number of imidazole rings is 1. The van der Waals surface area contributed by atoms with Crippen LogP contribution in [-0.2, 0) is 13.6 Å². The third-order valence-electron chi connectivity index (χ3n) is 3.16. The standard InChI is InChI=1S/C15H29N4/c1-4-5-6-7-8-16-9-10-17(2)11-13-19-14-12-18(3)15-19/h9-10,12,14-16H,4-8,11,13H2,1-3H3/q+1/b10-9-. The first-order chi connectivity index (χ1) is 9.22. The second kappa shape index (κ2) is 9.48. The van der Waals surface area contributed by atoms with Gasteiger partial charge in [-0.25, -0.2) is 9.13 Å². The number of likely N-dealkylation sites (N-methyl/N-ethyl adjacent to an activating group) is 1. The van der Waals surface area contributed by atoms with Crippen molar-refractivity contribution < 1.29 is 4.57 Å². The molecule has 0 aliphatic rings. The molecular weight excluding hydrogens is 236 g/mol. The lowest BCUT2D eigenvalue weighted by Gasteiger charge is -2.12. The first-order valence-corrected chi connectivity index (χ1v) is 7.33. The lowest BCUT2D eigenvalue weighted by Crippen LogP contribution is -2.25. The van der Waals surface area contributed by atoms with E-state index >= 15 is 0 Å². The molecular formula is C15H29N4+. The monoisotopic (exact) mass is 265 g/mol. The summed E-state index contributed by atoms with van der Waals surface area (Å²) < 4.78 is 4.26. The van der Waals surface area contributed by atoms with Gasteiger partial charge in [0, 0.05) is 26.0 Å². The van der Waals surface area contributed by atoms with Crippen LogP contribution in [0.1, 0.15) is 32.6 Å². The van der Waals surface area contributed by atoms with Crippen LogP contribution in [0.5, 0.6) is 0 Å². The molecule has 1 rings (SSSR count). The summed E-state index contributed by atoms with van der Waals surface area (Å²) in [5.74, 6) is 0. The first-order valence-electron chi connectivity index (χ1n) is 7.33. The fourth-order valence-corrected chi connectivity index (χ4v) is 1.90. The molecule has 0 aliphatic carbocycles. The van der Waals surface area contributed by atoms with Crippen LogP contribution < -0.4 is 9.88 Å². The molecule has 4 nitrogen and oxygen atoms in total. The Morgan fingerprint density at radius 3 is 2.84 bits per heavy atom. The van der Waals surface area contributed by atoms with Crippen LogP contribution in [0.3, 0.4) is 0 Å². The van der Waals surface area contributed by atoms with Gasteiger partial charge in [0.05, 0.1) is 13.6 Å². The highest BCUT2D eigenvalue weighted by atomic mass is 15.1. The van der Waals surface area contributed by atoms with Crippen molar-refractivity contribution in [3.05, 3.63) is 31.1 Å². The van der Waals surface area contributed by atoms with Crippen molar-refractivity contribution in [1.82, 2.24) is 14.8 Å². The van der Waals surface area contributed by atoms with Gasteiger partial charge in [-0.15, -0.1) is 0 Å². The van der Waals surface area contributed by atoms with E-state index in [1.165, 1.54) is 25.7 Å². The molecule has 1 aromatic heterocycles. The molecule has 108 valence electrons. The van der Waals surface area contributed by atoms with Crippen LogP contribution in [0.4, 0.5) is 0 Å². The van der Waals surface area contributed by atoms with Crippen LogP contribution >= 0.6 is 0 Å². The zero-order valence-corrected chi connectivity index (χ0v) is 12.7. The minimum atomic E-state index is 1.01. The fourth-order valence-electron chi connectivity index (χ4n) is 1.90. The van der Waals surface area contributed by atoms with Gasteiger partial charge >= 0.3 is 0 Å². The van der Waals surface area contributed by atoms with Crippen molar-refractivity contribution in [2.75, 3.05) is 20.1 Å². The van der Waals surface area contributed by atoms with Gasteiger partial charge in [-0.2, -0.15) is 0 Å². The van der Waals surface area contributed by atoms with Crippen molar-refractivity contribution in [2.45, 2.75) is 39.2 Å². The Labute approximate surface area is 117 Å². The average Bonchev–Trinajstić information content (AvgIpc) is 2.81. The summed E-state index contributed by atoms with van der Waals surface area (Å²) in [4.78, 5) is 2.21. The summed E-state index contributed by atoms with van der Waals surface area (Å²) in [6.45, 7) is 5.35. The van der Waals surface area contributed by atoms with Gasteiger partial charge in [0.2, 0.25) is 6.33 Å². The Morgan fingerprint density at radius 1 is 1.32 bits per heavy atom. The summed E-state index contributed by atoms with van der Waals surface area (Å²) in [6, 6.07) is 0. The number of rotatable bonds is 10. The highest BCUT2D eigenvalue weighted by Crippen LogP contribution is 1.97. The molecule has 0 aromatic carbocycles. The smallest absolute Gasteiger partial charge is 0.243 e. The number of hydrogen-bond donors (Lipinski definition) is 1. The molecule has 0 radical (unpaired) electrons. The van der Waals surface area contributed by atoms with Gasteiger partial charge in [0.1, 0.15) is 18.9 Å². The predicted molar refractivity (Wildman–Crippen MR) is 79.5 cm³/mol. The summed E-state index contributed by atoms with van der Waals surface area (Å²) in [6.07, 6.45) is 15.7. The van der Waals surface area contributed by atoms with Gasteiger partial charge in [-0.1, -0.05) is 26.2 Å². The molecule has 0 aliphatic heterocycles. The minimum Gasteiger partial charge on any atom is -0.390 e. The molecule has 19 heavy (non-hydrogen) atoms. The number of nitrogens with zero attached hydrogens (tertiary/aromatic N) is 3. The first kappa shape index (κ1) is 15.6. The topological polar surface area (TPSA) is 24.1 Å². The van der Waals surface area contributed by atoms with Crippen LogP contribution in [-0.4, -0.2) is 29.6 Å². The lowest BCUT2D eigenvalue weighted by atomic mass is 10.2. The highest BCUT2D eigenvalue weighted by Gasteiger charge is 2.00. The summed E-state index contributed by atoms with van der Waals surface area (Å²) in [5, 5.41) is 3.34. The normalized spacial score (nSPS) is 11.1. The Balaban J connectivity index is 2.05. The van der Waals surface area contributed by atoms with Crippen LogP contribution in [0.25, 0.3) is 0 Å². The Hall–Kier alpha value is -1.45. The lowest BCUT2D eigenvalue weighted by molar-refractivity contribution is -0.671. The van der Waals surface area contributed by atoms with Gasteiger partial charge < -0.3 is 10.2 Å². The molecule has 4 heteroatoms. The predicted octanol–water partition coefficient (Wildman–Crippen LogP) is 1.89. The molecule has 1 N–H and O–H groups in total. The van der Waals surface area contributed by atoms with Gasteiger partial charge in [0.25, 0.3) is 0 Å². The second-order valence-corrected chi connectivity index (χ2v) is 5.13. The molecule has 1 aromatic rings. The maximum Gasteiger partial charge on any atom is 0.243 e. The van der Waals surface area contributed by atoms with E-state index in [1.807, 2.05) is 7.05 Å². The van der Waals surface area contributed by atoms with E-state index in [4.69, 9.17) is 0 Å². The third kappa shape index (κ3) is 7.54. The van der Waals surface area contributed by atoms with Crippen LogP contribution in [0, 0.1) is 0 Å². The van der Waals surface area contributed by atoms with E-state index in [-0.39, 0.29) is 0 Å². The number of hydrogen-bond acceptors (Lipinski definition) is 2. The highest BCUT2D eigenvalue weighted by molar-refractivity contribution is 4.79. The fraction of sp³-hybridized carbons (Fsp3) is 0.667. The maximum atomic E-state index is 3.34. The number of aromatic nitrogens is 2. The molecule has 0 unspecified atom stereocenters. The van der Waals surface area contributed by atoms with Gasteiger partial charge in [0.15, 0.2) is 0 Å². The van der Waals surface area contributed by atoms with Crippen LogP contribution in [0.15, 0.2) is 31.1 Å². The summed E-state index contributed by atoms with van der Waals surface area (Å²) in [7, 11) is 4.15. The average molecular weight is 265 g/mol. The number of nitrogens with one attached hydrogen (secondary N) is 1. The third-order valence-corrected chi connectivity index (χ3v) is 3.16. The quantitative estimate of drug-likeness (QED) is 0.516. The number of unbranched alkanes of at least 4 members (excludes halogenated alkanes) is 3. The SMILES string of the molecule is CCCCCCN/C=C\N(C)CCn1cc[n+](C)c1. The van der Waals surface area contributed by atoms with Gasteiger partial charge in [-0.05, 0) is 6.42 Å². The van der Waals surface area contributed by atoms with Crippen molar-refractivity contribution in [3.63, 3.8) is 0 Å². The van der Waals surface area contributed by atoms with Crippen LogP contribution in [0.2, 0.25) is 0 Å². The molecule has 0 saturated heterocycles. The van der Waals surface area contributed by atoms with Gasteiger partial charge in [-0.3, -0.25) is 0 Å². The van der Waals surface area contributed by atoms with E-state index in [0.29, 0.717) is 0 Å². The second-order valence-electron chi connectivity index (χ2n) is 5.13. The maximum absolute atomic E-state index is 3.34. The largest absolute Gasteiger partial charge is 0.390 e. The molecule has 0 bridgehead atoms. The molecule has 0 fully saturated rings. The molecule has 0 saturated carbocycles. The van der Waals surface area contributed by atoms with Crippen molar-refractivity contribution in [3.8, 4) is 0 Å². The Morgan fingerprint density at radius 2 is 2.16 bits per heavy atom. The van der Waals surface area contributed by atoms with Crippen molar-refractivity contribution >= 4 is 0 Å². The van der Waals surface area contributed by atoms with Crippen molar-refractivity contribution in [1.29, 1.82) is 0 Å². The summed E-state index contributed by atoms with van der Waals surface area (Å²) >= 11 is 0. The van der Waals surface area contributed by atoms with E-state index in [0.717, 1.165) is 19.6 Å². The molecule has 1 heterocycles. The van der Waals surface area contributed by atoms with E-state index in [9.17, 15) is 0 Å². The zero-order chi connectivity index (χ0) is 13.9. The zero-order valence-electron chi connectivity index (χ0n) is 12.7. The molecule has 0 atom stereocenters. The molecule has 0 spiro atoms. The number of aryl methyl sites for hydroxylation is 1. The Bertz CT molecular complexity index is 357. The van der Waals surface area contributed by atoms with E-state index < -0.39 is 0 Å². The van der Waals surface area contributed by atoms with E-state index in [1.54, 1.807) is 0 Å². The van der Waals surface area contributed by atoms with Crippen molar-refractivity contribution in [2.24, 2.45) is 7.05 Å². The Kier molecular flexibility index (Phi) is 7.78. The minimum absolute atomic E-state index is 1.01. The molecule has 0 amide bonds. The van der Waals surface area contributed by atoms with E-state index in [2.05, 4.69) is 64.4 Å².